The summed E-state index contributed by atoms with van der Waals surface area (Å²) in [4.78, 5) is 0.808. The van der Waals surface area contributed by atoms with Gasteiger partial charge in [0.15, 0.2) is 5.82 Å². The second-order valence-corrected chi connectivity index (χ2v) is 7.67. The van der Waals surface area contributed by atoms with Gasteiger partial charge in [-0.15, -0.1) is 10.2 Å². The van der Waals surface area contributed by atoms with Crippen LogP contribution in [0.2, 0.25) is 5.02 Å². The summed E-state index contributed by atoms with van der Waals surface area (Å²) >= 11 is 9.77. The van der Waals surface area contributed by atoms with E-state index in [0.717, 1.165) is 31.9 Å². The highest BCUT2D eigenvalue weighted by Gasteiger charge is 2.13. The number of halogens is 2. The third-order valence-corrected chi connectivity index (χ3v) is 5.34. The maximum Gasteiger partial charge on any atom is 0.234 e. The van der Waals surface area contributed by atoms with Crippen molar-refractivity contribution in [2.45, 2.75) is 6.42 Å². The Bertz CT molecular complexity index is 960. The molecule has 0 saturated heterocycles. The fourth-order valence-electron chi connectivity index (χ4n) is 2.26. The van der Waals surface area contributed by atoms with Gasteiger partial charge < -0.3 is 0 Å². The Morgan fingerprint density at radius 3 is 2.48 bits per heavy atom. The van der Waals surface area contributed by atoms with Gasteiger partial charge in [0.1, 0.15) is 5.01 Å². The van der Waals surface area contributed by atoms with E-state index in [0.29, 0.717) is 6.42 Å². The molecule has 0 amide bonds. The van der Waals surface area contributed by atoms with E-state index in [2.05, 4.69) is 62.2 Å². The van der Waals surface area contributed by atoms with Gasteiger partial charge in [0.05, 0.1) is 0 Å². The Kier molecular flexibility index (Phi) is 4.04. The van der Waals surface area contributed by atoms with E-state index in [4.69, 9.17) is 11.6 Å². The molecule has 2 heterocycles. The average Bonchev–Trinajstić information content (AvgIpc) is 3.12. The molecule has 4 nitrogen and oxygen atoms in total. The first-order valence-electron chi connectivity index (χ1n) is 6.90. The van der Waals surface area contributed by atoms with Crippen LogP contribution in [0.15, 0.2) is 48.5 Å². The van der Waals surface area contributed by atoms with Crippen molar-refractivity contribution in [3.05, 3.63) is 68.5 Å². The van der Waals surface area contributed by atoms with Crippen molar-refractivity contribution in [3.8, 4) is 10.6 Å². The predicted octanol–water partition coefficient (Wildman–Crippen LogP) is 4.70. The molecule has 0 aliphatic rings. The lowest BCUT2D eigenvalue weighted by Crippen LogP contribution is -1.97. The van der Waals surface area contributed by atoms with Gasteiger partial charge in [-0.05, 0) is 52.4 Å². The first kappa shape index (κ1) is 15.0. The molecular weight excluding hydrogens is 443 g/mol. The molecule has 0 unspecified atom stereocenters. The van der Waals surface area contributed by atoms with Crippen LogP contribution in [0.3, 0.4) is 0 Å². The van der Waals surface area contributed by atoms with Gasteiger partial charge in [0.2, 0.25) is 4.96 Å². The molecule has 0 spiro atoms. The molecule has 0 radical (unpaired) electrons. The van der Waals surface area contributed by atoms with Crippen molar-refractivity contribution in [1.82, 2.24) is 19.8 Å². The quantitative estimate of drug-likeness (QED) is 0.423. The number of hydrogen-bond acceptors (Lipinski definition) is 4. The number of nitrogens with zero attached hydrogens (tertiary/aromatic N) is 4. The molecule has 23 heavy (non-hydrogen) atoms. The lowest BCUT2D eigenvalue weighted by molar-refractivity contribution is 0.854. The van der Waals surface area contributed by atoms with Crippen LogP contribution in [-0.2, 0) is 6.42 Å². The molecular formula is C16H10ClIN4S. The van der Waals surface area contributed by atoms with Crippen LogP contribution < -0.4 is 0 Å². The highest BCUT2D eigenvalue weighted by Crippen LogP contribution is 2.26. The van der Waals surface area contributed by atoms with Gasteiger partial charge in [-0.2, -0.15) is 9.61 Å². The van der Waals surface area contributed by atoms with Crippen LogP contribution in [0.25, 0.3) is 15.5 Å². The van der Waals surface area contributed by atoms with Gasteiger partial charge in [-0.25, -0.2) is 0 Å². The summed E-state index contributed by atoms with van der Waals surface area (Å²) < 4.78 is 3.03. The van der Waals surface area contributed by atoms with Crippen molar-refractivity contribution < 1.29 is 0 Å². The summed E-state index contributed by atoms with van der Waals surface area (Å²) in [5.74, 6) is 0.829. The number of fused-ring (bicyclic) bond motifs is 1. The molecule has 0 atom stereocenters. The number of aromatic nitrogens is 4. The third-order valence-electron chi connectivity index (χ3n) is 3.42. The lowest BCUT2D eigenvalue weighted by atomic mass is 10.1. The van der Waals surface area contributed by atoms with Crippen molar-refractivity contribution >= 4 is 50.5 Å². The highest BCUT2D eigenvalue weighted by molar-refractivity contribution is 14.1. The second kappa shape index (κ2) is 6.18. The fourth-order valence-corrected chi connectivity index (χ4v) is 3.61. The molecule has 0 aliphatic carbocycles. The molecule has 0 N–H and O–H groups in total. The molecule has 0 fully saturated rings. The molecule has 0 aliphatic heterocycles. The normalized spacial score (nSPS) is 11.2. The average molecular weight is 453 g/mol. The maximum absolute atomic E-state index is 5.93. The zero-order chi connectivity index (χ0) is 15.8. The number of benzene rings is 2. The Balaban J connectivity index is 1.69. The van der Waals surface area contributed by atoms with Crippen LogP contribution in [0.5, 0.6) is 0 Å². The van der Waals surface area contributed by atoms with Gasteiger partial charge in [0.25, 0.3) is 0 Å². The fraction of sp³-hybridized carbons (Fsp3) is 0.0625. The molecule has 2 aromatic carbocycles. The van der Waals surface area contributed by atoms with Crippen LogP contribution in [0.1, 0.15) is 11.4 Å². The van der Waals surface area contributed by atoms with E-state index < -0.39 is 0 Å². The molecule has 4 aromatic rings. The molecule has 2 aromatic heterocycles. The van der Waals surface area contributed by atoms with E-state index >= 15 is 0 Å². The topological polar surface area (TPSA) is 43.1 Å². The summed E-state index contributed by atoms with van der Waals surface area (Å²) in [5, 5.41) is 14.8. The van der Waals surface area contributed by atoms with E-state index in [-0.39, 0.29) is 0 Å². The minimum atomic E-state index is 0.675. The monoisotopic (exact) mass is 452 g/mol. The summed E-state index contributed by atoms with van der Waals surface area (Å²) in [7, 11) is 0. The van der Waals surface area contributed by atoms with E-state index in [1.54, 1.807) is 11.3 Å². The Morgan fingerprint density at radius 2 is 1.74 bits per heavy atom. The molecule has 0 saturated carbocycles. The van der Waals surface area contributed by atoms with Crippen LogP contribution >= 0.6 is 45.5 Å². The van der Waals surface area contributed by atoms with Gasteiger partial charge in [-0.1, -0.05) is 47.2 Å². The smallest absolute Gasteiger partial charge is 0.187 e. The lowest BCUT2D eigenvalue weighted by Gasteiger charge is -1.99. The molecule has 0 bridgehead atoms. The van der Waals surface area contributed by atoms with Crippen molar-refractivity contribution in [3.63, 3.8) is 0 Å². The Hall–Kier alpha value is -1.51. The first-order valence-corrected chi connectivity index (χ1v) is 9.18. The molecule has 114 valence electrons. The minimum Gasteiger partial charge on any atom is -0.187 e. The van der Waals surface area contributed by atoms with Crippen molar-refractivity contribution in [2.75, 3.05) is 0 Å². The highest BCUT2D eigenvalue weighted by atomic mass is 127. The Labute approximate surface area is 155 Å². The standard InChI is InChI=1S/C16H10ClIN4S/c17-12-5-1-10(2-6-12)9-14-19-20-16-22(14)21-15(23-16)11-3-7-13(18)8-4-11/h1-8H,9H2. The summed E-state index contributed by atoms with van der Waals surface area (Å²) in [6.45, 7) is 0. The molecule has 7 heteroatoms. The van der Waals surface area contributed by atoms with Crippen molar-refractivity contribution in [1.29, 1.82) is 0 Å². The largest absolute Gasteiger partial charge is 0.234 e. The summed E-state index contributed by atoms with van der Waals surface area (Å²) in [5.41, 5.74) is 2.23. The van der Waals surface area contributed by atoms with Gasteiger partial charge in [-0.3, -0.25) is 0 Å². The van der Waals surface area contributed by atoms with Gasteiger partial charge >= 0.3 is 0 Å². The minimum absolute atomic E-state index is 0.675. The Morgan fingerprint density at radius 1 is 1.00 bits per heavy atom. The number of rotatable bonds is 3. The van der Waals surface area contributed by atoms with Crippen molar-refractivity contribution in [2.24, 2.45) is 0 Å². The number of hydrogen-bond donors (Lipinski definition) is 0. The zero-order valence-electron chi connectivity index (χ0n) is 11.8. The SMILES string of the molecule is Clc1ccc(Cc2nnc3sc(-c4ccc(I)cc4)nn23)cc1. The zero-order valence-corrected chi connectivity index (χ0v) is 15.5. The first-order chi connectivity index (χ1) is 11.2. The van der Waals surface area contributed by atoms with Crippen LogP contribution in [0, 0.1) is 3.57 Å². The van der Waals surface area contributed by atoms with Gasteiger partial charge in [0, 0.05) is 20.6 Å². The molecule has 4 rings (SSSR count). The summed E-state index contributed by atoms with van der Waals surface area (Å²) in [6.07, 6.45) is 0.675. The van der Waals surface area contributed by atoms with E-state index in [1.165, 1.54) is 3.57 Å². The second-order valence-electron chi connectivity index (χ2n) is 5.03. The third kappa shape index (κ3) is 3.11. The van der Waals surface area contributed by atoms with E-state index in [1.807, 2.05) is 28.8 Å². The van der Waals surface area contributed by atoms with Crippen LogP contribution in [0.4, 0.5) is 0 Å². The van der Waals surface area contributed by atoms with Crippen LogP contribution in [-0.4, -0.2) is 19.8 Å². The summed E-state index contributed by atoms with van der Waals surface area (Å²) in [6, 6.07) is 16.1. The predicted molar refractivity (Wildman–Crippen MR) is 101 cm³/mol. The maximum atomic E-state index is 5.93. The van der Waals surface area contributed by atoms with E-state index in [9.17, 15) is 0 Å².